The Labute approximate surface area is 145 Å². The van der Waals surface area contributed by atoms with E-state index in [1.165, 1.54) is 0 Å². The maximum absolute atomic E-state index is 12.6. The molecule has 1 aliphatic heterocycles. The number of carbonyl (C=O) groups excluding carboxylic acids is 1. The Balaban J connectivity index is 1.45. The van der Waals surface area contributed by atoms with Crippen molar-refractivity contribution in [3.05, 3.63) is 45.6 Å². The van der Waals surface area contributed by atoms with E-state index in [4.69, 9.17) is 0 Å². The van der Waals surface area contributed by atoms with Crippen molar-refractivity contribution in [1.82, 2.24) is 24.7 Å². The zero-order chi connectivity index (χ0) is 15.8. The molecule has 1 saturated heterocycles. The summed E-state index contributed by atoms with van der Waals surface area (Å²) in [6.45, 7) is 1.51. The predicted octanol–water partition coefficient (Wildman–Crippen LogP) is 2.97. The fourth-order valence-corrected chi connectivity index (χ4v) is 4.32. The smallest absolute Gasteiger partial charge is 0.254 e. The van der Waals surface area contributed by atoms with E-state index < -0.39 is 0 Å². The van der Waals surface area contributed by atoms with Gasteiger partial charge >= 0.3 is 0 Å². The molecule has 0 saturated carbocycles. The summed E-state index contributed by atoms with van der Waals surface area (Å²) >= 11 is 5.04. The molecular weight excluding hydrogens is 378 g/mol. The molecule has 3 heterocycles. The van der Waals surface area contributed by atoms with Crippen LogP contribution in [0.25, 0.3) is 4.96 Å². The van der Waals surface area contributed by atoms with Crippen LogP contribution in [0.15, 0.2) is 35.1 Å². The Hall–Kier alpha value is -1.80. The number of amides is 1. The quantitative estimate of drug-likeness (QED) is 0.673. The average Bonchev–Trinajstić information content (AvgIpc) is 3.16. The SMILES string of the molecule is O=C(c1ccccc1Br)N1CCC(c2nn3cnnc3s2)CC1. The normalized spacial score (nSPS) is 16.1. The van der Waals surface area contributed by atoms with E-state index in [1.807, 2.05) is 29.2 Å². The molecule has 0 aliphatic carbocycles. The molecule has 0 atom stereocenters. The van der Waals surface area contributed by atoms with E-state index in [1.54, 1.807) is 22.2 Å². The summed E-state index contributed by atoms with van der Waals surface area (Å²) < 4.78 is 2.57. The van der Waals surface area contributed by atoms with Crippen molar-refractivity contribution < 1.29 is 4.79 Å². The van der Waals surface area contributed by atoms with Gasteiger partial charge in [-0.05, 0) is 40.9 Å². The Bertz CT molecular complexity index is 824. The van der Waals surface area contributed by atoms with Gasteiger partial charge in [0.15, 0.2) is 0 Å². The Morgan fingerprint density at radius 2 is 2.04 bits per heavy atom. The van der Waals surface area contributed by atoms with Crippen molar-refractivity contribution >= 4 is 38.1 Å². The number of carbonyl (C=O) groups is 1. The van der Waals surface area contributed by atoms with E-state index in [0.29, 0.717) is 5.92 Å². The topological polar surface area (TPSA) is 63.4 Å². The number of halogens is 1. The number of hydrogen-bond donors (Lipinski definition) is 0. The van der Waals surface area contributed by atoms with E-state index >= 15 is 0 Å². The molecule has 0 radical (unpaired) electrons. The summed E-state index contributed by atoms with van der Waals surface area (Å²) in [6.07, 6.45) is 3.49. The van der Waals surface area contributed by atoms with Gasteiger partial charge in [0.05, 0.1) is 5.56 Å². The van der Waals surface area contributed by atoms with Gasteiger partial charge < -0.3 is 4.90 Å². The van der Waals surface area contributed by atoms with Crippen molar-refractivity contribution in [2.75, 3.05) is 13.1 Å². The zero-order valence-electron chi connectivity index (χ0n) is 12.2. The van der Waals surface area contributed by atoms with Crippen LogP contribution in [-0.4, -0.2) is 43.7 Å². The minimum atomic E-state index is 0.0917. The fraction of sp³-hybridized carbons (Fsp3) is 0.333. The average molecular weight is 392 g/mol. The van der Waals surface area contributed by atoms with Gasteiger partial charge in [0, 0.05) is 23.5 Å². The van der Waals surface area contributed by atoms with E-state index in [-0.39, 0.29) is 5.91 Å². The Kier molecular flexibility index (Phi) is 3.86. The number of piperidine rings is 1. The van der Waals surface area contributed by atoms with Crippen LogP contribution >= 0.6 is 27.3 Å². The first-order chi connectivity index (χ1) is 11.2. The minimum Gasteiger partial charge on any atom is -0.339 e. The molecule has 6 nitrogen and oxygen atoms in total. The first-order valence-corrected chi connectivity index (χ1v) is 9.04. The zero-order valence-corrected chi connectivity index (χ0v) is 14.6. The third-order valence-electron chi connectivity index (χ3n) is 4.14. The molecule has 8 heteroatoms. The maximum Gasteiger partial charge on any atom is 0.254 e. The lowest BCUT2D eigenvalue weighted by molar-refractivity contribution is 0.0712. The van der Waals surface area contributed by atoms with Gasteiger partial charge in [-0.3, -0.25) is 4.79 Å². The standard InChI is InChI=1S/C15H14BrN5OS/c16-12-4-2-1-3-11(12)14(22)20-7-5-10(6-8-20)13-19-21-9-17-18-15(21)23-13/h1-4,9-10H,5-8H2. The van der Waals surface area contributed by atoms with E-state index in [2.05, 4.69) is 31.2 Å². The second-order valence-electron chi connectivity index (χ2n) is 5.54. The second kappa shape index (κ2) is 6.01. The fourth-order valence-electron chi connectivity index (χ4n) is 2.87. The van der Waals surface area contributed by atoms with Gasteiger partial charge in [0.1, 0.15) is 11.3 Å². The number of fused-ring (bicyclic) bond motifs is 1. The number of rotatable bonds is 2. The van der Waals surface area contributed by atoms with Gasteiger partial charge in [-0.2, -0.15) is 9.61 Å². The highest BCUT2D eigenvalue weighted by Crippen LogP contribution is 2.31. The van der Waals surface area contributed by atoms with E-state index in [9.17, 15) is 4.79 Å². The van der Waals surface area contributed by atoms with Crippen molar-refractivity contribution in [3.63, 3.8) is 0 Å². The molecule has 0 unspecified atom stereocenters. The molecule has 0 spiro atoms. The molecule has 3 aromatic rings. The lowest BCUT2D eigenvalue weighted by atomic mass is 9.97. The molecule has 4 rings (SSSR count). The lowest BCUT2D eigenvalue weighted by Gasteiger charge is -2.31. The Morgan fingerprint density at radius 3 is 2.78 bits per heavy atom. The van der Waals surface area contributed by atoms with Crippen molar-refractivity contribution in [1.29, 1.82) is 0 Å². The summed E-state index contributed by atoms with van der Waals surface area (Å²) in [5.74, 6) is 0.485. The molecule has 1 fully saturated rings. The van der Waals surface area contributed by atoms with Crippen LogP contribution in [0.4, 0.5) is 0 Å². The number of nitrogens with zero attached hydrogens (tertiary/aromatic N) is 5. The molecule has 23 heavy (non-hydrogen) atoms. The molecule has 0 bridgehead atoms. The summed E-state index contributed by atoms with van der Waals surface area (Å²) in [6, 6.07) is 7.58. The van der Waals surface area contributed by atoms with Crippen LogP contribution in [0, 0.1) is 0 Å². The van der Waals surface area contributed by atoms with Crippen molar-refractivity contribution in [2.24, 2.45) is 0 Å². The molecule has 1 aliphatic rings. The highest BCUT2D eigenvalue weighted by Gasteiger charge is 2.27. The van der Waals surface area contributed by atoms with Crippen LogP contribution in [-0.2, 0) is 0 Å². The first-order valence-electron chi connectivity index (χ1n) is 7.43. The lowest BCUT2D eigenvalue weighted by Crippen LogP contribution is -2.38. The van der Waals surface area contributed by atoms with Crippen LogP contribution in [0.1, 0.15) is 34.1 Å². The van der Waals surface area contributed by atoms with E-state index in [0.717, 1.165) is 45.9 Å². The highest BCUT2D eigenvalue weighted by atomic mass is 79.9. The molecule has 2 aromatic heterocycles. The molecule has 0 N–H and O–H groups in total. The number of likely N-dealkylation sites (tertiary alicyclic amines) is 1. The molecule has 118 valence electrons. The number of benzene rings is 1. The molecule has 1 aromatic carbocycles. The Morgan fingerprint density at radius 1 is 1.26 bits per heavy atom. The van der Waals surface area contributed by atoms with Crippen LogP contribution in [0.3, 0.4) is 0 Å². The summed E-state index contributed by atoms with van der Waals surface area (Å²) in [4.78, 5) is 15.4. The highest BCUT2D eigenvalue weighted by molar-refractivity contribution is 9.10. The molecule has 1 amide bonds. The number of hydrogen-bond acceptors (Lipinski definition) is 5. The molecular formula is C15H14BrN5OS. The van der Waals surface area contributed by atoms with Crippen LogP contribution in [0.2, 0.25) is 0 Å². The third-order valence-corrected chi connectivity index (χ3v) is 5.91. The monoisotopic (exact) mass is 391 g/mol. The van der Waals surface area contributed by atoms with Crippen molar-refractivity contribution in [2.45, 2.75) is 18.8 Å². The van der Waals surface area contributed by atoms with Crippen LogP contribution in [0.5, 0.6) is 0 Å². The van der Waals surface area contributed by atoms with Crippen molar-refractivity contribution in [3.8, 4) is 0 Å². The summed E-state index contributed by atoms with van der Waals surface area (Å²) in [5, 5.41) is 13.5. The first kappa shape index (κ1) is 14.8. The summed E-state index contributed by atoms with van der Waals surface area (Å²) in [5.41, 5.74) is 0.727. The van der Waals surface area contributed by atoms with Gasteiger partial charge in [-0.1, -0.05) is 23.5 Å². The van der Waals surface area contributed by atoms with Crippen LogP contribution < -0.4 is 0 Å². The largest absolute Gasteiger partial charge is 0.339 e. The van der Waals surface area contributed by atoms with Gasteiger partial charge in [-0.25, -0.2) is 0 Å². The number of aromatic nitrogens is 4. The maximum atomic E-state index is 12.6. The van der Waals surface area contributed by atoms with Gasteiger partial charge in [0.2, 0.25) is 4.96 Å². The predicted molar refractivity (Wildman–Crippen MR) is 90.7 cm³/mol. The third kappa shape index (κ3) is 2.76. The minimum absolute atomic E-state index is 0.0917. The second-order valence-corrected chi connectivity index (χ2v) is 7.39. The van der Waals surface area contributed by atoms with Gasteiger partial charge in [0.25, 0.3) is 5.91 Å². The summed E-state index contributed by atoms with van der Waals surface area (Å²) in [7, 11) is 0. The van der Waals surface area contributed by atoms with Gasteiger partial charge in [-0.15, -0.1) is 10.2 Å².